The number of aryl methyl sites for hydroxylation is 1. The van der Waals surface area contributed by atoms with E-state index in [9.17, 15) is 5.11 Å². The molecule has 2 unspecified atom stereocenters. The van der Waals surface area contributed by atoms with E-state index in [2.05, 4.69) is 20.5 Å². The molecule has 8 nitrogen and oxygen atoms in total. The number of rotatable bonds is 6. The van der Waals surface area contributed by atoms with Crippen LogP contribution >= 0.6 is 11.6 Å². The van der Waals surface area contributed by atoms with Crippen LogP contribution in [-0.2, 0) is 6.42 Å². The number of fused-ring (bicyclic) bond motifs is 1. The maximum Gasteiger partial charge on any atom is 0.178 e. The number of aliphatic hydroxyl groups is 1. The summed E-state index contributed by atoms with van der Waals surface area (Å²) in [5.74, 6) is 1.48. The number of nitrogens with one attached hydrogen (secondary N) is 1. The first-order valence-corrected chi connectivity index (χ1v) is 9.14. The van der Waals surface area contributed by atoms with Crippen LogP contribution < -0.4 is 11.1 Å². The molecule has 0 radical (unpaired) electrons. The fourth-order valence-electron chi connectivity index (χ4n) is 3.34. The zero-order chi connectivity index (χ0) is 18.3. The summed E-state index contributed by atoms with van der Waals surface area (Å²) >= 11 is 6.23. The van der Waals surface area contributed by atoms with Crippen molar-refractivity contribution in [1.82, 2.24) is 24.4 Å². The van der Waals surface area contributed by atoms with E-state index >= 15 is 0 Å². The van der Waals surface area contributed by atoms with E-state index < -0.39 is 0 Å². The molecule has 1 saturated carbocycles. The molecule has 0 spiro atoms. The van der Waals surface area contributed by atoms with Gasteiger partial charge in [0.05, 0.1) is 17.4 Å². The molecule has 1 aliphatic carbocycles. The Bertz CT molecular complexity index is 933. The van der Waals surface area contributed by atoms with Gasteiger partial charge in [-0.1, -0.05) is 11.6 Å². The molecule has 0 bridgehead atoms. The smallest absolute Gasteiger partial charge is 0.178 e. The second kappa shape index (κ2) is 6.77. The van der Waals surface area contributed by atoms with E-state index in [1.165, 1.54) is 0 Å². The van der Waals surface area contributed by atoms with Gasteiger partial charge in [0, 0.05) is 37.8 Å². The van der Waals surface area contributed by atoms with Crippen molar-refractivity contribution in [3.05, 3.63) is 34.7 Å². The van der Waals surface area contributed by atoms with Crippen LogP contribution in [0, 0.1) is 12.8 Å². The second-order valence-corrected chi connectivity index (χ2v) is 7.13. The molecule has 0 aliphatic heterocycles. The zero-order valence-corrected chi connectivity index (χ0v) is 15.3. The minimum absolute atomic E-state index is 0.230. The standard InChI is InChI=1S/C17H22ClN7O/c1-10-16(18)17-21-15(8-14(19)25(17)22-10)20-6-4-12-5-7-24(23-12)13-3-2-11(13)9-26/h5,7-8,11,13,26H,2-4,6,9,19H2,1H3,(H,20,21). The van der Waals surface area contributed by atoms with Crippen LogP contribution in [-0.4, -0.2) is 42.6 Å². The zero-order valence-electron chi connectivity index (χ0n) is 14.6. The number of aliphatic hydroxyl groups excluding tert-OH is 1. The number of halogens is 1. The molecule has 4 N–H and O–H groups in total. The van der Waals surface area contributed by atoms with Crippen molar-refractivity contribution in [3.63, 3.8) is 0 Å². The Labute approximate surface area is 156 Å². The number of anilines is 2. The SMILES string of the molecule is Cc1nn2c(N)cc(NCCc3ccn(C4CCC4CO)n3)nc2c1Cl. The highest BCUT2D eigenvalue weighted by atomic mass is 35.5. The lowest BCUT2D eigenvalue weighted by Crippen LogP contribution is -2.31. The molecule has 3 aromatic rings. The maximum absolute atomic E-state index is 9.33. The van der Waals surface area contributed by atoms with Crippen molar-refractivity contribution in [2.75, 3.05) is 24.2 Å². The predicted molar refractivity (Wildman–Crippen MR) is 100 cm³/mol. The molecule has 3 heterocycles. The van der Waals surface area contributed by atoms with Crippen molar-refractivity contribution >= 4 is 28.9 Å². The highest BCUT2D eigenvalue weighted by molar-refractivity contribution is 6.34. The molecule has 9 heteroatoms. The summed E-state index contributed by atoms with van der Waals surface area (Å²) in [7, 11) is 0. The quantitative estimate of drug-likeness (QED) is 0.609. The molecule has 0 aromatic carbocycles. The molecule has 4 rings (SSSR count). The van der Waals surface area contributed by atoms with Crippen molar-refractivity contribution in [1.29, 1.82) is 0 Å². The second-order valence-electron chi connectivity index (χ2n) is 6.75. The lowest BCUT2D eigenvalue weighted by Gasteiger charge is -2.35. The summed E-state index contributed by atoms with van der Waals surface area (Å²) in [5.41, 5.74) is 8.29. The number of nitrogens with two attached hydrogens (primary N) is 1. The first kappa shape index (κ1) is 17.1. The molecule has 26 heavy (non-hydrogen) atoms. The van der Waals surface area contributed by atoms with Crippen molar-refractivity contribution < 1.29 is 5.11 Å². The van der Waals surface area contributed by atoms with Gasteiger partial charge in [0.2, 0.25) is 0 Å². The topological polar surface area (TPSA) is 106 Å². The van der Waals surface area contributed by atoms with Crippen LogP contribution in [0.4, 0.5) is 11.6 Å². The van der Waals surface area contributed by atoms with E-state index in [-0.39, 0.29) is 6.61 Å². The molecule has 0 amide bonds. The summed E-state index contributed by atoms with van der Waals surface area (Å²) in [6.07, 6.45) is 4.92. The average Bonchev–Trinajstić information content (AvgIpc) is 3.14. The van der Waals surface area contributed by atoms with Gasteiger partial charge in [-0.3, -0.25) is 4.68 Å². The van der Waals surface area contributed by atoms with Crippen LogP contribution in [0.1, 0.15) is 30.3 Å². The molecule has 1 fully saturated rings. The van der Waals surface area contributed by atoms with Crippen LogP contribution in [0.3, 0.4) is 0 Å². The number of nitrogen functional groups attached to an aromatic ring is 1. The van der Waals surface area contributed by atoms with Gasteiger partial charge >= 0.3 is 0 Å². The van der Waals surface area contributed by atoms with Crippen LogP contribution in [0.15, 0.2) is 18.3 Å². The average molecular weight is 376 g/mol. The highest BCUT2D eigenvalue weighted by Gasteiger charge is 2.32. The molecule has 2 atom stereocenters. The van der Waals surface area contributed by atoms with Crippen molar-refractivity contribution in [2.24, 2.45) is 5.92 Å². The first-order valence-electron chi connectivity index (χ1n) is 8.77. The lowest BCUT2D eigenvalue weighted by molar-refractivity contribution is 0.0892. The van der Waals surface area contributed by atoms with Gasteiger partial charge in [0.15, 0.2) is 5.65 Å². The third kappa shape index (κ3) is 2.99. The third-order valence-electron chi connectivity index (χ3n) is 5.02. The maximum atomic E-state index is 9.33. The van der Waals surface area contributed by atoms with E-state index in [0.717, 1.165) is 25.0 Å². The summed E-state index contributed by atoms with van der Waals surface area (Å²) < 4.78 is 3.53. The Morgan fingerprint density at radius 1 is 1.38 bits per heavy atom. The van der Waals surface area contributed by atoms with E-state index in [1.54, 1.807) is 10.6 Å². The summed E-state index contributed by atoms with van der Waals surface area (Å²) in [5, 5.41) is 22.0. The van der Waals surface area contributed by atoms with Crippen LogP contribution in [0.25, 0.3) is 5.65 Å². The third-order valence-corrected chi connectivity index (χ3v) is 5.47. The predicted octanol–water partition coefficient (Wildman–Crippen LogP) is 2.07. The van der Waals surface area contributed by atoms with E-state index in [1.807, 2.05) is 23.9 Å². The monoisotopic (exact) mass is 375 g/mol. The molecular formula is C17H22ClN7O. The summed E-state index contributed by atoms with van der Waals surface area (Å²) in [6.45, 7) is 2.73. The fraction of sp³-hybridized carbons (Fsp3) is 0.471. The van der Waals surface area contributed by atoms with E-state index in [4.69, 9.17) is 17.3 Å². The van der Waals surface area contributed by atoms with E-state index in [0.29, 0.717) is 46.5 Å². The summed E-state index contributed by atoms with van der Waals surface area (Å²) in [6, 6.07) is 4.10. The van der Waals surface area contributed by atoms with Crippen LogP contribution in [0.5, 0.6) is 0 Å². The minimum Gasteiger partial charge on any atom is -0.396 e. The van der Waals surface area contributed by atoms with Gasteiger partial charge in [0.25, 0.3) is 0 Å². The molecular weight excluding hydrogens is 354 g/mol. The lowest BCUT2D eigenvalue weighted by atomic mass is 9.80. The minimum atomic E-state index is 0.230. The van der Waals surface area contributed by atoms with Crippen LogP contribution in [0.2, 0.25) is 5.02 Å². The Morgan fingerprint density at radius 2 is 2.23 bits per heavy atom. The van der Waals surface area contributed by atoms with Gasteiger partial charge in [-0.25, -0.2) is 4.98 Å². The highest BCUT2D eigenvalue weighted by Crippen LogP contribution is 2.37. The number of aromatic nitrogens is 5. The summed E-state index contributed by atoms with van der Waals surface area (Å²) in [4.78, 5) is 4.49. The van der Waals surface area contributed by atoms with Gasteiger partial charge < -0.3 is 16.2 Å². The van der Waals surface area contributed by atoms with Crippen molar-refractivity contribution in [2.45, 2.75) is 32.2 Å². The van der Waals surface area contributed by atoms with Gasteiger partial charge in [-0.05, 0) is 25.8 Å². The van der Waals surface area contributed by atoms with Gasteiger partial charge in [-0.15, -0.1) is 0 Å². The Hall–Kier alpha value is -2.32. The first-order chi connectivity index (χ1) is 12.6. The molecule has 138 valence electrons. The normalized spacial score (nSPS) is 19.7. The number of hydrogen-bond acceptors (Lipinski definition) is 6. The largest absolute Gasteiger partial charge is 0.396 e. The van der Waals surface area contributed by atoms with Crippen molar-refractivity contribution in [3.8, 4) is 0 Å². The molecule has 3 aromatic heterocycles. The molecule has 1 aliphatic rings. The van der Waals surface area contributed by atoms with Gasteiger partial charge in [-0.2, -0.15) is 14.7 Å². The number of hydrogen-bond donors (Lipinski definition) is 3. The fourth-order valence-corrected chi connectivity index (χ4v) is 3.50. The van der Waals surface area contributed by atoms with Gasteiger partial charge in [0.1, 0.15) is 16.7 Å². The Kier molecular flexibility index (Phi) is 4.46. The Balaban J connectivity index is 1.40. The number of nitrogens with zero attached hydrogens (tertiary/aromatic N) is 5. The molecule has 0 saturated heterocycles. The Morgan fingerprint density at radius 3 is 2.96 bits per heavy atom.